The lowest BCUT2D eigenvalue weighted by atomic mass is 10.1. The number of likely N-dealkylation sites (tertiary alicyclic amines) is 1. The number of hydrogen-bond donors (Lipinski definition) is 0. The second-order valence-electron chi connectivity index (χ2n) is 7.04. The second kappa shape index (κ2) is 6.61. The van der Waals surface area contributed by atoms with Crippen LogP contribution < -0.4 is 5.56 Å². The zero-order valence-corrected chi connectivity index (χ0v) is 15.5. The molecule has 0 radical (unpaired) electrons. The van der Waals surface area contributed by atoms with Crippen LogP contribution in [0.1, 0.15) is 41.6 Å². The molecule has 0 N–H and O–H groups in total. The Bertz CT molecular complexity index is 968. The Balaban J connectivity index is 1.68. The monoisotopic (exact) mass is 352 g/mol. The molecule has 2 aromatic heterocycles. The molecule has 3 aromatic rings. The van der Waals surface area contributed by atoms with Crippen molar-refractivity contribution in [3.63, 3.8) is 0 Å². The smallest absolute Gasteiger partial charge is 0.276 e. The molecule has 1 aliphatic heterocycles. The standard InChI is InChI=1S/C20H24N4O2/c1-14-12-19(26-21-14)18-10-7-11-23(18)13-17-15(2)22(3)24(20(17)25)16-8-5-4-6-9-16/h4-6,8-9,12,18H,7,10-11,13H2,1-3H3. The lowest BCUT2D eigenvalue weighted by Gasteiger charge is -2.21. The molecule has 1 atom stereocenters. The number of rotatable bonds is 4. The van der Waals surface area contributed by atoms with Crippen molar-refractivity contribution >= 4 is 0 Å². The number of benzene rings is 1. The Morgan fingerprint density at radius 3 is 2.69 bits per heavy atom. The van der Waals surface area contributed by atoms with E-state index in [1.807, 2.05) is 62.0 Å². The Labute approximate surface area is 152 Å². The van der Waals surface area contributed by atoms with Gasteiger partial charge in [0.15, 0.2) is 5.76 Å². The van der Waals surface area contributed by atoms with Crippen molar-refractivity contribution in [2.75, 3.05) is 6.54 Å². The minimum atomic E-state index is 0.0515. The van der Waals surface area contributed by atoms with Crippen LogP contribution in [0.25, 0.3) is 5.69 Å². The fraction of sp³-hybridized carbons (Fsp3) is 0.400. The van der Waals surface area contributed by atoms with Gasteiger partial charge in [-0.05, 0) is 45.4 Å². The summed E-state index contributed by atoms with van der Waals surface area (Å²) in [4.78, 5) is 15.5. The summed E-state index contributed by atoms with van der Waals surface area (Å²) < 4.78 is 9.18. The summed E-state index contributed by atoms with van der Waals surface area (Å²) in [5.41, 5.74) is 3.68. The van der Waals surface area contributed by atoms with Crippen LogP contribution >= 0.6 is 0 Å². The first-order valence-corrected chi connectivity index (χ1v) is 9.06. The zero-order chi connectivity index (χ0) is 18.3. The molecule has 26 heavy (non-hydrogen) atoms. The van der Waals surface area contributed by atoms with Gasteiger partial charge in [-0.1, -0.05) is 23.4 Å². The zero-order valence-electron chi connectivity index (χ0n) is 15.5. The largest absolute Gasteiger partial charge is 0.359 e. The molecule has 1 unspecified atom stereocenters. The molecule has 1 fully saturated rings. The predicted molar refractivity (Wildman–Crippen MR) is 99.4 cm³/mol. The number of nitrogens with zero attached hydrogens (tertiary/aromatic N) is 4. The van der Waals surface area contributed by atoms with Gasteiger partial charge in [0.1, 0.15) is 0 Å². The van der Waals surface area contributed by atoms with Crippen LogP contribution in [0.5, 0.6) is 0 Å². The summed E-state index contributed by atoms with van der Waals surface area (Å²) in [7, 11) is 1.94. The van der Waals surface area contributed by atoms with E-state index >= 15 is 0 Å². The highest BCUT2D eigenvalue weighted by molar-refractivity contribution is 5.33. The Morgan fingerprint density at radius 2 is 2.00 bits per heavy atom. The second-order valence-corrected chi connectivity index (χ2v) is 7.04. The molecule has 0 saturated carbocycles. The molecular weight excluding hydrogens is 328 g/mol. The Hall–Kier alpha value is -2.60. The highest BCUT2D eigenvalue weighted by atomic mass is 16.5. The Morgan fingerprint density at radius 1 is 1.23 bits per heavy atom. The van der Waals surface area contributed by atoms with Crippen molar-refractivity contribution in [1.82, 2.24) is 19.4 Å². The molecule has 0 spiro atoms. The van der Waals surface area contributed by atoms with Gasteiger partial charge in [-0.25, -0.2) is 4.68 Å². The number of aryl methyl sites for hydroxylation is 1. The van der Waals surface area contributed by atoms with Crippen molar-refractivity contribution in [3.05, 3.63) is 69.5 Å². The average Bonchev–Trinajstić information content (AvgIpc) is 3.32. The van der Waals surface area contributed by atoms with Gasteiger partial charge in [-0.15, -0.1) is 0 Å². The van der Waals surface area contributed by atoms with Gasteiger partial charge in [-0.3, -0.25) is 14.4 Å². The third-order valence-corrected chi connectivity index (χ3v) is 5.37. The fourth-order valence-corrected chi connectivity index (χ4v) is 3.89. The molecule has 3 heterocycles. The third kappa shape index (κ3) is 2.80. The quantitative estimate of drug-likeness (QED) is 0.724. The van der Waals surface area contributed by atoms with Crippen LogP contribution in [0.3, 0.4) is 0 Å². The summed E-state index contributed by atoms with van der Waals surface area (Å²) in [6.07, 6.45) is 2.14. The summed E-state index contributed by atoms with van der Waals surface area (Å²) in [6.45, 7) is 5.54. The molecule has 0 amide bonds. The maximum atomic E-state index is 13.1. The van der Waals surface area contributed by atoms with Crippen molar-refractivity contribution in [2.24, 2.45) is 7.05 Å². The van der Waals surface area contributed by atoms with Crippen molar-refractivity contribution in [1.29, 1.82) is 0 Å². The number of hydrogen-bond acceptors (Lipinski definition) is 4. The van der Waals surface area contributed by atoms with Crippen molar-refractivity contribution < 1.29 is 4.52 Å². The van der Waals surface area contributed by atoms with Crippen molar-refractivity contribution in [3.8, 4) is 5.69 Å². The molecule has 4 rings (SSSR count). The predicted octanol–water partition coefficient (Wildman–Crippen LogP) is 3.12. The van der Waals surface area contributed by atoms with Crippen LogP contribution in [-0.2, 0) is 13.6 Å². The van der Waals surface area contributed by atoms with Crippen LogP contribution in [0, 0.1) is 13.8 Å². The third-order valence-electron chi connectivity index (χ3n) is 5.37. The summed E-state index contributed by atoms with van der Waals surface area (Å²) in [6, 6.07) is 12.0. The van der Waals surface area contributed by atoms with E-state index in [0.717, 1.165) is 47.8 Å². The molecule has 136 valence electrons. The highest BCUT2D eigenvalue weighted by Gasteiger charge is 2.31. The van der Waals surface area contributed by atoms with Gasteiger partial charge in [0.2, 0.25) is 0 Å². The lowest BCUT2D eigenvalue weighted by Crippen LogP contribution is -2.27. The highest BCUT2D eigenvalue weighted by Crippen LogP contribution is 2.33. The average molecular weight is 352 g/mol. The fourth-order valence-electron chi connectivity index (χ4n) is 3.89. The summed E-state index contributed by atoms with van der Waals surface area (Å²) in [5.74, 6) is 0.900. The van der Waals surface area contributed by atoms with E-state index in [1.54, 1.807) is 4.68 Å². The maximum Gasteiger partial charge on any atom is 0.276 e. The normalized spacial score (nSPS) is 17.9. The van der Waals surface area contributed by atoms with Gasteiger partial charge in [0.25, 0.3) is 5.56 Å². The van der Waals surface area contributed by atoms with E-state index in [-0.39, 0.29) is 11.6 Å². The summed E-state index contributed by atoms with van der Waals surface area (Å²) >= 11 is 0. The van der Waals surface area contributed by atoms with Gasteiger partial charge in [-0.2, -0.15) is 0 Å². The minimum absolute atomic E-state index is 0.0515. The molecule has 1 aliphatic rings. The number of para-hydroxylation sites is 1. The van der Waals surface area contributed by atoms with E-state index in [0.29, 0.717) is 6.54 Å². The molecule has 6 nitrogen and oxygen atoms in total. The Kier molecular flexibility index (Phi) is 4.28. The van der Waals surface area contributed by atoms with Gasteiger partial charge >= 0.3 is 0 Å². The van der Waals surface area contributed by atoms with Gasteiger partial charge in [0, 0.05) is 25.4 Å². The van der Waals surface area contributed by atoms with Crippen molar-refractivity contribution in [2.45, 2.75) is 39.3 Å². The SMILES string of the molecule is Cc1cc(C2CCCN2Cc2c(C)n(C)n(-c3ccccc3)c2=O)on1. The first-order chi connectivity index (χ1) is 12.6. The minimum Gasteiger partial charge on any atom is -0.359 e. The molecule has 1 saturated heterocycles. The molecule has 0 aliphatic carbocycles. The van der Waals surface area contributed by atoms with E-state index in [2.05, 4.69) is 10.1 Å². The topological polar surface area (TPSA) is 56.2 Å². The maximum absolute atomic E-state index is 13.1. The van der Waals surface area contributed by atoms with E-state index in [1.165, 1.54) is 0 Å². The van der Waals surface area contributed by atoms with Gasteiger partial charge in [0.05, 0.1) is 23.0 Å². The van der Waals surface area contributed by atoms with Gasteiger partial charge < -0.3 is 4.52 Å². The first kappa shape index (κ1) is 16.8. The van der Waals surface area contributed by atoms with E-state index < -0.39 is 0 Å². The lowest BCUT2D eigenvalue weighted by molar-refractivity contribution is 0.205. The van der Waals surface area contributed by atoms with Crippen LogP contribution in [0.2, 0.25) is 0 Å². The molecular formula is C20H24N4O2. The van der Waals surface area contributed by atoms with E-state index in [4.69, 9.17) is 4.52 Å². The van der Waals surface area contributed by atoms with E-state index in [9.17, 15) is 4.79 Å². The van der Waals surface area contributed by atoms with Crippen LogP contribution in [0.4, 0.5) is 0 Å². The molecule has 1 aromatic carbocycles. The van der Waals surface area contributed by atoms with Crippen LogP contribution in [0.15, 0.2) is 45.7 Å². The van der Waals surface area contributed by atoms with Crippen LogP contribution in [-0.4, -0.2) is 26.0 Å². The molecule has 0 bridgehead atoms. The summed E-state index contributed by atoms with van der Waals surface area (Å²) in [5, 5.41) is 4.02. The number of aromatic nitrogens is 3. The first-order valence-electron chi connectivity index (χ1n) is 9.06. The molecule has 6 heteroatoms.